The number of ether oxygens (including phenoxy) is 1. The molecule has 1 atom stereocenters. The van der Waals surface area contributed by atoms with Gasteiger partial charge in [0.1, 0.15) is 5.60 Å². The number of amides is 1. The summed E-state index contributed by atoms with van der Waals surface area (Å²) in [5.41, 5.74) is 9.83. The molecule has 3 aliphatic rings. The molecule has 4 N–H and O–H groups in total. The maximum Gasteiger partial charge on any atom is 0.259 e. The van der Waals surface area contributed by atoms with E-state index in [1.807, 2.05) is 0 Å². The first-order valence-electron chi connectivity index (χ1n) is 11.6. The summed E-state index contributed by atoms with van der Waals surface area (Å²) in [6.07, 6.45) is 5.71. The predicted octanol–water partition coefficient (Wildman–Crippen LogP) is 2.91. The zero-order chi connectivity index (χ0) is 23.9. The minimum absolute atomic E-state index is 0.0961. The molecule has 182 valence electrons. The van der Waals surface area contributed by atoms with Crippen LogP contribution in [0.2, 0.25) is 10.0 Å². The summed E-state index contributed by atoms with van der Waals surface area (Å²) < 4.78 is 6.59. The van der Waals surface area contributed by atoms with E-state index in [0.29, 0.717) is 40.6 Å². The molecular weight excluding hydrogens is 477 g/mol. The summed E-state index contributed by atoms with van der Waals surface area (Å²) in [4.78, 5) is 24.4. The van der Waals surface area contributed by atoms with E-state index in [0.717, 1.165) is 38.8 Å². The third kappa shape index (κ3) is 4.86. The number of nitrogens with zero attached hydrogens (tertiary/aromatic N) is 4. The van der Waals surface area contributed by atoms with Crippen molar-refractivity contribution in [2.24, 2.45) is 0 Å². The van der Waals surface area contributed by atoms with E-state index in [1.165, 1.54) is 6.20 Å². The second kappa shape index (κ2) is 9.56. The number of para-hydroxylation sites is 1. The van der Waals surface area contributed by atoms with Crippen molar-refractivity contribution in [2.45, 2.75) is 43.4 Å². The molecule has 2 aliphatic heterocycles. The monoisotopic (exact) mass is 505 g/mol. The average molecular weight is 506 g/mol. The van der Waals surface area contributed by atoms with Gasteiger partial charge >= 0.3 is 0 Å². The van der Waals surface area contributed by atoms with Gasteiger partial charge in [0, 0.05) is 25.3 Å². The molecule has 9 nitrogen and oxygen atoms in total. The van der Waals surface area contributed by atoms with Gasteiger partial charge in [-0.05, 0) is 58.0 Å². The smallest absolute Gasteiger partial charge is 0.259 e. The van der Waals surface area contributed by atoms with Crippen LogP contribution in [0.3, 0.4) is 0 Å². The lowest BCUT2D eigenvalue weighted by atomic mass is 9.94. The molecule has 5 rings (SSSR count). The van der Waals surface area contributed by atoms with Gasteiger partial charge in [-0.15, -0.1) is 0 Å². The van der Waals surface area contributed by atoms with Crippen molar-refractivity contribution in [2.75, 3.05) is 44.3 Å². The number of piperidine rings is 1. The fourth-order valence-corrected chi connectivity index (χ4v) is 5.18. The topological polar surface area (TPSA) is 109 Å². The summed E-state index contributed by atoms with van der Waals surface area (Å²) in [6.45, 7) is 3.17. The maximum absolute atomic E-state index is 13.4. The maximum atomic E-state index is 13.4. The van der Waals surface area contributed by atoms with Gasteiger partial charge in [0.05, 0.1) is 33.1 Å². The average Bonchev–Trinajstić information content (AvgIpc) is 3.52. The number of nitrogens with two attached hydrogens (primary N) is 1. The molecular formula is C23H29Cl2N7O2. The van der Waals surface area contributed by atoms with Gasteiger partial charge < -0.3 is 20.7 Å². The van der Waals surface area contributed by atoms with E-state index < -0.39 is 11.5 Å². The van der Waals surface area contributed by atoms with E-state index in [4.69, 9.17) is 33.7 Å². The first-order chi connectivity index (χ1) is 16.3. The quantitative estimate of drug-likeness (QED) is 0.549. The largest absolute Gasteiger partial charge is 0.368 e. The van der Waals surface area contributed by atoms with Crippen LogP contribution >= 0.6 is 23.2 Å². The molecule has 1 saturated carbocycles. The van der Waals surface area contributed by atoms with Crippen LogP contribution in [-0.4, -0.2) is 71.2 Å². The number of hydrazine groups is 1. The number of nitrogens with one attached hydrogen (secondary N) is 2. The minimum Gasteiger partial charge on any atom is -0.368 e. The third-order valence-corrected chi connectivity index (χ3v) is 7.35. The van der Waals surface area contributed by atoms with E-state index in [1.54, 1.807) is 18.2 Å². The first kappa shape index (κ1) is 23.7. The van der Waals surface area contributed by atoms with Crippen molar-refractivity contribution in [1.29, 1.82) is 0 Å². The Morgan fingerprint density at radius 3 is 2.62 bits per heavy atom. The standard InChI is InChI=1S/C23H29Cl2N7O2/c1-31-9-7-14(8-10-31)32-13-23(12-28-32,34-15-5-6-15)20-16(11-27-22(26)30-20)21(33)29-19-17(24)3-2-4-18(19)25/h2-4,11,14-15,28H,5-10,12-13H2,1H3,(H,29,33)(H2,26,27,30). The summed E-state index contributed by atoms with van der Waals surface area (Å²) in [5.74, 6) is -0.319. The third-order valence-electron chi connectivity index (χ3n) is 6.72. The molecule has 1 aromatic heterocycles. The van der Waals surface area contributed by atoms with Gasteiger partial charge in [-0.1, -0.05) is 29.3 Å². The van der Waals surface area contributed by atoms with Crippen LogP contribution in [-0.2, 0) is 10.3 Å². The number of benzene rings is 1. The molecule has 34 heavy (non-hydrogen) atoms. The number of rotatable bonds is 6. The normalized spacial score (nSPS) is 24.4. The highest BCUT2D eigenvalue weighted by Crippen LogP contribution is 2.40. The summed E-state index contributed by atoms with van der Waals surface area (Å²) in [7, 11) is 2.15. The van der Waals surface area contributed by atoms with Crippen LogP contribution in [0.4, 0.5) is 11.6 Å². The second-order valence-electron chi connectivity index (χ2n) is 9.35. The molecule has 3 fully saturated rings. The number of aromatic nitrogens is 2. The van der Waals surface area contributed by atoms with Crippen molar-refractivity contribution in [3.63, 3.8) is 0 Å². The number of likely N-dealkylation sites (tertiary alicyclic amines) is 1. The zero-order valence-electron chi connectivity index (χ0n) is 19.1. The van der Waals surface area contributed by atoms with Gasteiger partial charge in [-0.3, -0.25) is 10.2 Å². The highest BCUT2D eigenvalue weighted by Gasteiger charge is 2.49. The molecule has 11 heteroatoms. The van der Waals surface area contributed by atoms with Crippen molar-refractivity contribution < 1.29 is 9.53 Å². The number of hydrogen-bond acceptors (Lipinski definition) is 8. The van der Waals surface area contributed by atoms with Crippen molar-refractivity contribution in [3.05, 3.63) is 45.7 Å². The van der Waals surface area contributed by atoms with E-state index in [2.05, 4.69) is 37.7 Å². The zero-order valence-corrected chi connectivity index (χ0v) is 20.6. The van der Waals surface area contributed by atoms with Crippen LogP contribution in [0.25, 0.3) is 0 Å². The molecule has 1 aliphatic carbocycles. The number of carbonyl (C=O) groups is 1. The van der Waals surface area contributed by atoms with Gasteiger partial charge in [0.15, 0.2) is 0 Å². The van der Waals surface area contributed by atoms with Crippen LogP contribution in [0.5, 0.6) is 0 Å². The van der Waals surface area contributed by atoms with Gasteiger partial charge in [-0.25, -0.2) is 15.0 Å². The van der Waals surface area contributed by atoms with E-state index >= 15 is 0 Å². The predicted molar refractivity (Wildman–Crippen MR) is 132 cm³/mol. The molecule has 0 spiro atoms. The van der Waals surface area contributed by atoms with Crippen molar-refractivity contribution in [1.82, 2.24) is 25.3 Å². The molecule has 1 aromatic carbocycles. The fourth-order valence-electron chi connectivity index (χ4n) is 4.69. The Bertz CT molecular complexity index is 1060. The molecule has 1 unspecified atom stereocenters. The lowest BCUT2D eigenvalue weighted by Crippen LogP contribution is -2.47. The Hall–Kier alpha value is -2.01. The number of halogens is 2. The van der Waals surface area contributed by atoms with Gasteiger partial charge in [0.2, 0.25) is 5.95 Å². The highest BCUT2D eigenvalue weighted by atomic mass is 35.5. The second-order valence-corrected chi connectivity index (χ2v) is 10.2. The number of nitrogen functional groups attached to an aromatic ring is 1. The Labute approximate surface area is 208 Å². The molecule has 1 amide bonds. The lowest BCUT2D eigenvalue weighted by molar-refractivity contribution is -0.0525. The summed E-state index contributed by atoms with van der Waals surface area (Å²) in [6, 6.07) is 5.45. The SMILES string of the molecule is CN1CCC(N2CC(OC3CC3)(c3nc(N)ncc3C(=O)Nc3c(Cl)cccc3Cl)CN2)CC1. The fraction of sp³-hybridized carbons (Fsp3) is 0.522. The minimum atomic E-state index is -0.821. The molecule has 0 radical (unpaired) electrons. The van der Waals surface area contributed by atoms with Crippen LogP contribution < -0.4 is 16.5 Å². The summed E-state index contributed by atoms with van der Waals surface area (Å²) >= 11 is 12.6. The van der Waals surface area contributed by atoms with Crippen LogP contribution in [0.15, 0.2) is 24.4 Å². The lowest BCUT2D eigenvalue weighted by Gasteiger charge is -2.36. The highest BCUT2D eigenvalue weighted by molar-refractivity contribution is 6.40. The molecule has 0 bridgehead atoms. The van der Waals surface area contributed by atoms with E-state index in [-0.39, 0.29) is 17.6 Å². The Morgan fingerprint density at radius 1 is 1.24 bits per heavy atom. The Morgan fingerprint density at radius 2 is 1.94 bits per heavy atom. The van der Waals surface area contributed by atoms with E-state index in [9.17, 15) is 4.79 Å². The molecule has 3 heterocycles. The number of carbonyl (C=O) groups excluding carboxylic acids is 1. The summed E-state index contributed by atoms with van der Waals surface area (Å²) in [5, 5.41) is 5.77. The molecule has 2 saturated heterocycles. The van der Waals surface area contributed by atoms with Crippen molar-refractivity contribution >= 4 is 40.7 Å². The molecule has 2 aromatic rings. The first-order valence-corrected chi connectivity index (χ1v) is 12.3. The number of hydrogen-bond donors (Lipinski definition) is 3. The number of anilines is 2. The Kier molecular flexibility index (Phi) is 6.67. The van der Waals surface area contributed by atoms with Gasteiger partial charge in [0.25, 0.3) is 5.91 Å². The van der Waals surface area contributed by atoms with Crippen molar-refractivity contribution in [3.8, 4) is 0 Å². The van der Waals surface area contributed by atoms with Gasteiger partial charge in [-0.2, -0.15) is 0 Å². The van der Waals surface area contributed by atoms with Crippen LogP contribution in [0.1, 0.15) is 41.7 Å². The Balaban J connectivity index is 1.46. The van der Waals surface area contributed by atoms with Crippen LogP contribution in [0, 0.1) is 0 Å².